The Hall–Kier alpha value is -2.00. The smallest absolute Gasteiger partial charge is 0.0924 e. The third-order valence-corrected chi connectivity index (χ3v) is 3.24. The lowest BCUT2D eigenvalue weighted by Crippen LogP contribution is -1.98. The van der Waals surface area contributed by atoms with E-state index in [2.05, 4.69) is 22.5 Å². The monoisotopic (exact) mass is 271 g/mol. The zero-order valence-electron chi connectivity index (χ0n) is 10.6. The average Bonchev–Trinajstić information content (AvgIpc) is 2.75. The van der Waals surface area contributed by atoms with Gasteiger partial charge < -0.3 is 5.32 Å². The van der Waals surface area contributed by atoms with Crippen LogP contribution in [-0.2, 0) is 13.6 Å². The van der Waals surface area contributed by atoms with E-state index in [0.717, 1.165) is 28.2 Å². The highest BCUT2D eigenvalue weighted by molar-refractivity contribution is 6.30. The first-order valence-electron chi connectivity index (χ1n) is 6.12. The van der Waals surface area contributed by atoms with Crippen LogP contribution in [0.25, 0.3) is 10.9 Å². The van der Waals surface area contributed by atoms with Gasteiger partial charge in [0.2, 0.25) is 0 Å². The number of nitrogens with one attached hydrogen (secondary N) is 1. The molecule has 0 spiro atoms. The van der Waals surface area contributed by atoms with Crippen LogP contribution in [0.3, 0.4) is 0 Å². The maximum atomic E-state index is 5.97. The van der Waals surface area contributed by atoms with Gasteiger partial charge in [0.1, 0.15) is 0 Å². The summed E-state index contributed by atoms with van der Waals surface area (Å²) in [7, 11) is 1.93. The van der Waals surface area contributed by atoms with Crippen molar-refractivity contribution in [3.63, 3.8) is 0 Å². The standard InChI is InChI=1S/C15H14ClN3/c1-19-10-12-8-14(5-6-15(12)18-19)17-9-11-3-2-4-13(16)7-11/h2-8,10,17H,9H2,1H3. The SMILES string of the molecule is Cn1cc2cc(NCc3cccc(Cl)c3)ccc2n1. The second kappa shape index (κ2) is 4.94. The van der Waals surface area contributed by atoms with E-state index in [1.165, 1.54) is 5.56 Å². The Labute approximate surface area is 116 Å². The molecule has 0 aliphatic rings. The van der Waals surface area contributed by atoms with Gasteiger partial charge in [-0.1, -0.05) is 23.7 Å². The number of hydrogen-bond acceptors (Lipinski definition) is 2. The van der Waals surface area contributed by atoms with E-state index in [9.17, 15) is 0 Å². The molecule has 0 saturated heterocycles. The molecular weight excluding hydrogens is 258 g/mol. The molecule has 0 radical (unpaired) electrons. The molecule has 0 bridgehead atoms. The van der Waals surface area contributed by atoms with Crippen molar-refractivity contribution in [2.45, 2.75) is 6.54 Å². The fourth-order valence-electron chi connectivity index (χ4n) is 2.11. The highest BCUT2D eigenvalue weighted by Gasteiger charge is 2.00. The minimum atomic E-state index is 0.756. The summed E-state index contributed by atoms with van der Waals surface area (Å²) >= 11 is 5.97. The number of hydrogen-bond donors (Lipinski definition) is 1. The van der Waals surface area contributed by atoms with Crippen LogP contribution < -0.4 is 5.32 Å². The predicted molar refractivity (Wildman–Crippen MR) is 79.5 cm³/mol. The summed E-state index contributed by atoms with van der Waals surface area (Å²) in [6.07, 6.45) is 2.01. The Bertz CT molecular complexity index is 718. The first-order chi connectivity index (χ1) is 9.20. The predicted octanol–water partition coefficient (Wildman–Crippen LogP) is 3.84. The van der Waals surface area contributed by atoms with Crippen molar-refractivity contribution in [2.75, 3.05) is 5.32 Å². The van der Waals surface area contributed by atoms with Gasteiger partial charge in [-0.2, -0.15) is 5.10 Å². The van der Waals surface area contributed by atoms with Crippen LogP contribution in [0.15, 0.2) is 48.7 Å². The third-order valence-electron chi connectivity index (χ3n) is 3.00. The molecule has 2 aromatic carbocycles. The van der Waals surface area contributed by atoms with Crippen molar-refractivity contribution in [2.24, 2.45) is 7.05 Å². The molecule has 0 aliphatic heterocycles. The van der Waals surface area contributed by atoms with Crippen molar-refractivity contribution in [1.82, 2.24) is 9.78 Å². The van der Waals surface area contributed by atoms with Crippen LogP contribution in [0.2, 0.25) is 5.02 Å². The number of benzene rings is 2. The summed E-state index contributed by atoms with van der Waals surface area (Å²) in [5, 5.41) is 9.65. The second-order valence-corrected chi connectivity index (χ2v) is 5.00. The van der Waals surface area contributed by atoms with Crippen molar-refractivity contribution in [3.05, 3.63) is 59.2 Å². The van der Waals surface area contributed by atoms with Crippen molar-refractivity contribution >= 4 is 28.2 Å². The Balaban J connectivity index is 1.78. The Kier molecular flexibility index (Phi) is 3.13. The molecule has 19 heavy (non-hydrogen) atoms. The molecular formula is C15H14ClN3. The van der Waals surface area contributed by atoms with Gasteiger partial charge in [0.05, 0.1) is 5.52 Å². The number of aromatic nitrogens is 2. The fraction of sp³-hybridized carbons (Fsp3) is 0.133. The lowest BCUT2D eigenvalue weighted by molar-refractivity contribution is 0.780. The van der Waals surface area contributed by atoms with Crippen LogP contribution in [0.1, 0.15) is 5.56 Å². The minimum absolute atomic E-state index is 0.756. The van der Waals surface area contributed by atoms with Gasteiger partial charge >= 0.3 is 0 Å². The lowest BCUT2D eigenvalue weighted by Gasteiger charge is -2.06. The molecule has 4 heteroatoms. The summed E-state index contributed by atoms with van der Waals surface area (Å²) in [4.78, 5) is 0. The first kappa shape index (κ1) is 12.1. The van der Waals surface area contributed by atoms with Crippen molar-refractivity contribution in [1.29, 1.82) is 0 Å². The van der Waals surface area contributed by atoms with Crippen molar-refractivity contribution < 1.29 is 0 Å². The Morgan fingerprint density at radius 1 is 1.21 bits per heavy atom. The molecule has 0 saturated carbocycles. The molecule has 0 aliphatic carbocycles. The van der Waals surface area contributed by atoms with Crippen molar-refractivity contribution in [3.8, 4) is 0 Å². The van der Waals surface area contributed by atoms with Gasteiger partial charge in [0, 0.05) is 35.9 Å². The number of halogens is 1. The van der Waals surface area contributed by atoms with Crippen LogP contribution in [0.5, 0.6) is 0 Å². The summed E-state index contributed by atoms with van der Waals surface area (Å²) in [5.74, 6) is 0. The van der Waals surface area contributed by atoms with Gasteiger partial charge in [-0.25, -0.2) is 0 Å². The largest absolute Gasteiger partial charge is 0.381 e. The molecule has 0 unspecified atom stereocenters. The first-order valence-corrected chi connectivity index (χ1v) is 6.50. The van der Waals surface area contributed by atoms with Crippen LogP contribution in [0.4, 0.5) is 5.69 Å². The average molecular weight is 272 g/mol. The normalized spacial score (nSPS) is 10.8. The number of nitrogens with zero attached hydrogens (tertiary/aromatic N) is 2. The molecule has 3 rings (SSSR count). The maximum absolute atomic E-state index is 5.97. The summed E-state index contributed by atoms with van der Waals surface area (Å²) in [6.45, 7) is 0.756. The van der Waals surface area contributed by atoms with Crippen LogP contribution >= 0.6 is 11.6 Å². The van der Waals surface area contributed by atoms with Crippen LogP contribution in [0, 0.1) is 0 Å². The maximum Gasteiger partial charge on any atom is 0.0924 e. The number of aryl methyl sites for hydroxylation is 1. The summed E-state index contributed by atoms with van der Waals surface area (Å²) in [5.41, 5.74) is 3.26. The van der Waals surface area contributed by atoms with E-state index in [-0.39, 0.29) is 0 Å². The van der Waals surface area contributed by atoms with Gasteiger partial charge in [0.25, 0.3) is 0 Å². The zero-order chi connectivity index (χ0) is 13.2. The third kappa shape index (κ3) is 2.71. The molecule has 0 fully saturated rings. The number of anilines is 1. The molecule has 1 heterocycles. The lowest BCUT2D eigenvalue weighted by atomic mass is 10.2. The Morgan fingerprint density at radius 3 is 2.95 bits per heavy atom. The van der Waals surface area contributed by atoms with Gasteiger partial charge in [-0.15, -0.1) is 0 Å². The molecule has 1 aromatic heterocycles. The Morgan fingerprint density at radius 2 is 2.11 bits per heavy atom. The fourth-order valence-corrected chi connectivity index (χ4v) is 2.32. The van der Waals surface area contributed by atoms with Gasteiger partial charge in [-0.05, 0) is 35.9 Å². The second-order valence-electron chi connectivity index (χ2n) is 4.56. The molecule has 3 aromatic rings. The molecule has 0 atom stereocenters. The van der Waals surface area contributed by atoms with Gasteiger partial charge in [0.15, 0.2) is 0 Å². The van der Waals surface area contributed by atoms with Crippen LogP contribution in [-0.4, -0.2) is 9.78 Å². The molecule has 0 amide bonds. The van der Waals surface area contributed by atoms with E-state index in [1.54, 1.807) is 0 Å². The topological polar surface area (TPSA) is 29.9 Å². The highest BCUT2D eigenvalue weighted by Crippen LogP contribution is 2.19. The number of rotatable bonds is 3. The summed E-state index contributed by atoms with van der Waals surface area (Å²) in [6, 6.07) is 14.0. The molecule has 96 valence electrons. The highest BCUT2D eigenvalue weighted by atomic mass is 35.5. The van der Waals surface area contributed by atoms with E-state index in [4.69, 9.17) is 11.6 Å². The van der Waals surface area contributed by atoms with E-state index >= 15 is 0 Å². The van der Waals surface area contributed by atoms with Gasteiger partial charge in [-0.3, -0.25) is 4.68 Å². The summed E-state index contributed by atoms with van der Waals surface area (Å²) < 4.78 is 1.82. The molecule has 3 nitrogen and oxygen atoms in total. The van der Waals surface area contributed by atoms with E-state index in [0.29, 0.717) is 0 Å². The zero-order valence-corrected chi connectivity index (χ0v) is 11.4. The molecule has 1 N–H and O–H groups in total. The van der Waals surface area contributed by atoms with E-state index in [1.807, 2.05) is 48.3 Å². The minimum Gasteiger partial charge on any atom is -0.381 e. The number of fused-ring (bicyclic) bond motifs is 1. The quantitative estimate of drug-likeness (QED) is 0.784. The van der Waals surface area contributed by atoms with E-state index < -0.39 is 0 Å².